The molecule has 0 radical (unpaired) electrons. The van der Waals surface area contributed by atoms with Crippen LogP contribution >= 0.6 is 0 Å². The van der Waals surface area contributed by atoms with E-state index in [0.717, 1.165) is 30.8 Å². The molecule has 1 aliphatic carbocycles. The zero-order valence-electron chi connectivity index (χ0n) is 13.6. The van der Waals surface area contributed by atoms with Gasteiger partial charge in [0.15, 0.2) is 0 Å². The molecule has 23 heavy (non-hydrogen) atoms. The summed E-state index contributed by atoms with van der Waals surface area (Å²) in [6.45, 7) is 3.79. The van der Waals surface area contributed by atoms with Gasteiger partial charge in [-0.15, -0.1) is 0 Å². The first kappa shape index (κ1) is 17.7. The van der Waals surface area contributed by atoms with Crippen LogP contribution in [0.25, 0.3) is 0 Å². The fourth-order valence-corrected chi connectivity index (χ4v) is 2.71. The van der Waals surface area contributed by atoms with E-state index in [2.05, 4.69) is 10.0 Å². The zero-order valence-corrected chi connectivity index (χ0v) is 14.4. The summed E-state index contributed by atoms with van der Waals surface area (Å²) in [6.07, 6.45) is 4.39. The molecule has 0 atom stereocenters. The summed E-state index contributed by atoms with van der Waals surface area (Å²) in [5.74, 6) is 0.529. The Hall–Kier alpha value is -1.60. The lowest BCUT2D eigenvalue weighted by atomic mass is 10.1. The van der Waals surface area contributed by atoms with Crippen molar-refractivity contribution in [1.29, 1.82) is 0 Å². The monoisotopic (exact) mass is 340 g/mol. The van der Waals surface area contributed by atoms with Gasteiger partial charge in [0.25, 0.3) is 5.91 Å². The van der Waals surface area contributed by atoms with E-state index in [-0.39, 0.29) is 5.91 Å². The molecule has 0 aliphatic heterocycles. The van der Waals surface area contributed by atoms with E-state index in [1.54, 1.807) is 25.1 Å². The van der Waals surface area contributed by atoms with E-state index < -0.39 is 10.0 Å². The van der Waals surface area contributed by atoms with E-state index in [1.807, 2.05) is 0 Å². The summed E-state index contributed by atoms with van der Waals surface area (Å²) < 4.78 is 30.6. The van der Waals surface area contributed by atoms with E-state index in [1.165, 1.54) is 12.8 Å². The van der Waals surface area contributed by atoms with Crippen LogP contribution < -0.4 is 10.0 Å². The van der Waals surface area contributed by atoms with E-state index in [0.29, 0.717) is 24.4 Å². The predicted octanol–water partition coefficient (Wildman–Crippen LogP) is 1.91. The molecule has 128 valence electrons. The molecule has 0 aromatic heterocycles. The summed E-state index contributed by atoms with van der Waals surface area (Å²) in [7, 11) is -3.37. The first-order chi connectivity index (χ1) is 10.8. The summed E-state index contributed by atoms with van der Waals surface area (Å²) in [6, 6.07) is 4.96. The van der Waals surface area contributed by atoms with Crippen molar-refractivity contribution in [2.45, 2.75) is 26.2 Å². The van der Waals surface area contributed by atoms with Gasteiger partial charge in [-0.1, -0.05) is 6.07 Å². The number of hydrogen-bond donors (Lipinski definition) is 2. The van der Waals surface area contributed by atoms with Crippen molar-refractivity contribution in [2.24, 2.45) is 5.92 Å². The average Bonchev–Trinajstić information content (AvgIpc) is 3.27. The van der Waals surface area contributed by atoms with Gasteiger partial charge in [0, 0.05) is 25.3 Å². The molecular formula is C16H24N2O4S. The number of aryl methyl sites for hydroxylation is 1. The zero-order chi connectivity index (χ0) is 16.9. The van der Waals surface area contributed by atoms with Gasteiger partial charge in [0.05, 0.1) is 11.9 Å². The van der Waals surface area contributed by atoms with Gasteiger partial charge in [-0.25, -0.2) is 8.42 Å². The van der Waals surface area contributed by atoms with E-state index in [4.69, 9.17) is 4.74 Å². The van der Waals surface area contributed by atoms with Crippen molar-refractivity contribution < 1.29 is 17.9 Å². The topological polar surface area (TPSA) is 84.5 Å². The molecule has 1 amide bonds. The fraction of sp³-hybridized carbons (Fsp3) is 0.562. The first-order valence-corrected chi connectivity index (χ1v) is 9.68. The largest absolute Gasteiger partial charge is 0.381 e. The smallest absolute Gasteiger partial charge is 0.251 e. The van der Waals surface area contributed by atoms with E-state index >= 15 is 0 Å². The van der Waals surface area contributed by atoms with Crippen LogP contribution in [0.1, 0.15) is 35.2 Å². The fourth-order valence-electron chi connectivity index (χ4n) is 2.09. The summed E-state index contributed by atoms with van der Waals surface area (Å²) in [4.78, 5) is 12.1. The van der Waals surface area contributed by atoms with Crippen LogP contribution in [0.3, 0.4) is 0 Å². The van der Waals surface area contributed by atoms with Gasteiger partial charge in [0.1, 0.15) is 0 Å². The third-order valence-electron chi connectivity index (χ3n) is 3.60. The maximum Gasteiger partial charge on any atom is 0.251 e. The lowest BCUT2D eigenvalue weighted by Gasteiger charge is -2.10. The number of ether oxygens (including phenoxy) is 1. The molecule has 0 heterocycles. The standard InChI is InChI=1S/C16H24N2O4S/c1-12-4-7-14(10-15(12)18-23(2,20)21)16(19)17-8-3-9-22-11-13-5-6-13/h4,7,10,13,18H,3,5-6,8-9,11H2,1-2H3,(H,17,19). The van der Waals surface area contributed by atoms with Crippen molar-refractivity contribution >= 4 is 21.6 Å². The van der Waals surface area contributed by atoms with Crippen LogP contribution in [-0.4, -0.2) is 40.3 Å². The Kier molecular flexibility index (Phi) is 6.01. The Morgan fingerprint density at radius 3 is 2.74 bits per heavy atom. The number of rotatable bonds is 9. The second-order valence-corrected chi connectivity index (χ2v) is 7.78. The van der Waals surface area contributed by atoms with Gasteiger partial charge in [-0.3, -0.25) is 9.52 Å². The number of hydrogen-bond acceptors (Lipinski definition) is 4. The molecular weight excluding hydrogens is 316 g/mol. The quantitative estimate of drug-likeness (QED) is 0.673. The number of sulfonamides is 1. The lowest BCUT2D eigenvalue weighted by molar-refractivity contribution is 0.0937. The Morgan fingerprint density at radius 1 is 1.35 bits per heavy atom. The van der Waals surface area contributed by atoms with Crippen LogP contribution in [0.2, 0.25) is 0 Å². The Balaban J connectivity index is 1.80. The molecule has 0 saturated heterocycles. The molecule has 2 N–H and O–H groups in total. The Labute approximate surface area is 137 Å². The normalized spacial score (nSPS) is 14.5. The average molecular weight is 340 g/mol. The second-order valence-electron chi connectivity index (χ2n) is 6.03. The van der Waals surface area contributed by atoms with Crippen molar-refractivity contribution in [1.82, 2.24) is 5.32 Å². The number of benzene rings is 1. The van der Waals surface area contributed by atoms with Gasteiger partial charge in [0.2, 0.25) is 10.0 Å². The third kappa shape index (κ3) is 6.58. The van der Waals surface area contributed by atoms with Crippen LogP contribution in [0, 0.1) is 12.8 Å². The van der Waals surface area contributed by atoms with Crippen LogP contribution in [0.4, 0.5) is 5.69 Å². The molecule has 6 nitrogen and oxygen atoms in total. The highest BCUT2D eigenvalue weighted by molar-refractivity contribution is 7.92. The Bertz CT molecular complexity index is 654. The molecule has 2 rings (SSSR count). The minimum atomic E-state index is -3.37. The van der Waals surface area contributed by atoms with E-state index in [9.17, 15) is 13.2 Å². The first-order valence-electron chi connectivity index (χ1n) is 7.79. The maximum atomic E-state index is 12.1. The molecule has 1 aromatic rings. The van der Waals surface area contributed by atoms with Crippen molar-refractivity contribution in [3.8, 4) is 0 Å². The highest BCUT2D eigenvalue weighted by atomic mass is 32.2. The predicted molar refractivity (Wildman–Crippen MR) is 90.1 cm³/mol. The minimum absolute atomic E-state index is 0.219. The van der Waals surface area contributed by atoms with Gasteiger partial charge in [-0.05, 0) is 49.8 Å². The number of nitrogens with one attached hydrogen (secondary N) is 2. The van der Waals surface area contributed by atoms with Gasteiger partial charge >= 0.3 is 0 Å². The van der Waals surface area contributed by atoms with Crippen molar-refractivity contribution in [3.05, 3.63) is 29.3 Å². The molecule has 1 aliphatic rings. The maximum absolute atomic E-state index is 12.1. The van der Waals surface area contributed by atoms with Gasteiger partial charge < -0.3 is 10.1 Å². The molecule has 0 unspecified atom stereocenters. The third-order valence-corrected chi connectivity index (χ3v) is 4.19. The van der Waals surface area contributed by atoms with Crippen LogP contribution in [-0.2, 0) is 14.8 Å². The van der Waals surface area contributed by atoms with Crippen molar-refractivity contribution in [2.75, 3.05) is 30.7 Å². The Morgan fingerprint density at radius 2 is 2.09 bits per heavy atom. The highest BCUT2D eigenvalue weighted by Gasteiger charge is 2.20. The molecule has 1 aromatic carbocycles. The lowest BCUT2D eigenvalue weighted by Crippen LogP contribution is -2.25. The second kappa shape index (κ2) is 7.79. The summed E-state index contributed by atoms with van der Waals surface area (Å²) in [5, 5.41) is 2.82. The summed E-state index contributed by atoms with van der Waals surface area (Å²) >= 11 is 0. The van der Waals surface area contributed by atoms with Crippen molar-refractivity contribution in [3.63, 3.8) is 0 Å². The molecule has 0 spiro atoms. The number of amides is 1. The molecule has 0 bridgehead atoms. The highest BCUT2D eigenvalue weighted by Crippen LogP contribution is 2.28. The van der Waals surface area contributed by atoms with Gasteiger partial charge in [-0.2, -0.15) is 0 Å². The molecule has 7 heteroatoms. The molecule has 1 saturated carbocycles. The minimum Gasteiger partial charge on any atom is -0.381 e. The number of carbonyl (C=O) groups excluding carboxylic acids is 1. The number of anilines is 1. The number of carbonyl (C=O) groups is 1. The van der Waals surface area contributed by atoms with Crippen LogP contribution in [0.15, 0.2) is 18.2 Å². The summed E-state index contributed by atoms with van der Waals surface area (Å²) in [5.41, 5.74) is 1.62. The SMILES string of the molecule is Cc1ccc(C(=O)NCCCOCC2CC2)cc1NS(C)(=O)=O. The molecule has 1 fully saturated rings. The van der Waals surface area contributed by atoms with Crippen LogP contribution in [0.5, 0.6) is 0 Å².